The first-order chi connectivity index (χ1) is 9.26. The van der Waals surface area contributed by atoms with Crippen LogP contribution in [0.2, 0.25) is 0 Å². The third-order valence-electron chi connectivity index (χ3n) is 2.50. The van der Waals surface area contributed by atoms with Gasteiger partial charge in [-0.3, -0.25) is 9.59 Å². The van der Waals surface area contributed by atoms with Gasteiger partial charge in [-0.05, 0) is 29.7 Å². The van der Waals surface area contributed by atoms with E-state index in [1.54, 1.807) is 5.32 Å². The largest absolute Gasteiger partial charge is 0.405 e. The lowest BCUT2D eigenvalue weighted by Gasteiger charge is -2.08. The van der Waals surface area contributed by atoms with E-state index >= 15 is 0 Å². The first-order valence-corrected chi connectivity index (χ1v) is 5.44. The van der Waals surface area contributed by atoms with Crippen LogP contribution in [0.1, 0.15) is 10.5 Å². The van der Waals surface area contributed by atoms with Crippen molar-refractivity contribution in [3.8, 4) is 0 Å². The lowest BCUT2D eigenvalue weighted by molar-refractivity contribution is -0.123. The lowest BCUT2D eigenvalue weighted by Crippen LogP contribution is -2.34. The highest BCUT2D eigenvalue weighted by atomic mass is 19.4. The highest BCUT2D eigenvalue weighted by Gasteiger charge is 2.28. The summed E-state index contributed by atoms with van der Waals surface area (Å²) >= 11 is 0. The van der Waals surface area contributed by atoms with E-state index in [4.69, 9.17) is 0 Å². The number of carbonyl (C=O) groups excluding carboxylic acids is 1. The van der Waals surface area contributed by atoms with E-state index in [1.807, 2.05) is 0 Å². The molecule has 1 heterocycles. The van der Waals surface area contributed by atoms with Crippen molar-refractivity contribution in [1.29, 1.82) is 0 Å². The number of nitrogens with one attached hydrogen (secondary N) is 2. The van der Waals surface area contributed by atoms with Crippen molar-refractivity contribution in [1.82, 2.24) is 10.3 Å². The first kappa shape index (κ1) is 14.0. The predicted molar refractivity (Wildman–Crippen MR) is 62.9 cm³/mol. The maximum absolute atomic E-state index is 13.0. The number of hydrogen-bond acceptors (Lipinski definition) is 2. The molecule has 0 atom stereocenters. The molecule has 0 saturated heterocycles. The quantitative estimate of drug-likeness (QED) is 0.830. The van der Waals surface area contributed by atoms with Crippen LogP contribution in [0, 0.1) is 5.82 Å². The molecular weight excluding hydrogens is 280 g/mol. The number of fused-ring (bicyclic) bond motifs is 1. The van der Waals surface area contributed by atoms with Gasteiger partial charge in [0.05, 0.1) is 0 Å². The van der Waals surface area contributed by atoms with E-state index in [1.165, 1.54) is 6.07 Å². The van der Waals surface area contributed by atoms with Crippen LogP contribution in [0.3, 0.4) is 0 Å². The van der Waals surface area contributed by atoms with Gasteiger partial charge in [0.1, 0.15) is 18.1 Å². The summed E-state index contributed by atoms with van der Waals surface area (Å²) in [5, 5.41) is 1.89. The number of halogens is 4. The second kappa shape index (κ2) is 4.95. The Kier molecular flexibility index (Phi) is 3.47. The second-order valence-electron chi connectivity index (χ2n) is 4.04. The van der Waals surface area contributed by atoms with Crippen LogP contribution >= 0.6 is 0 Å². The van der Waals surface area contributed by atoms with Crippen LogP contribution in [0.4, 0.5) is 17.6 Å². The smallest absolute Gasteiger partial charge is 0.342 e. The fourth-order valence-corrected chi connectivity index (χ4v) is 1.64. The normalized spacial score (nSPS) is 11.6. The Morgan fingerprint density at radius 3 is 2.60 bits per heavy atom. The van der Waals surface area contributed by atoms with E-state index in [-0.39, 0.29) is 16.5 Å². The van der Waals surface area contributed by atoms with Crippen LogP contribution < -0.4 is 10.9 Å². The molecule has 2 aromatic rings. The maximum Gasteiger partial charge on any atom is 0.405 e. The molecule has 0 radical (unpaired) electrons. The van der Waals surface area contributed by atoms with Crippen molar-refractivity contribution in [2.45, 2.75) is 6.18 Å². The van der Waals surface area contributed by atoms with Crippen LogP contribution in [-0.2, 0) is 0 Å². The zero-order valence-electron chi connectivity index (χ0n) is 9.84. The Morgan fingerprint density at radius 2 is 1.95 bits per heavy atom. The zero-order chi connectivity index (χ0) is 14.9. The van der Waals surface area contributed by atoms with Gasteiger partial charge in [0.2, 0.25) is 0 Å². The number of rotatable bonds is 2. The molecule has 1 aromatic heterocycles. The number of hydrogen-bond donors (Lipinski definition) is 2. The molecule has 1 amide bonds. The van der Waals surface area contributed by atoms with E-state index in [9.17, 15) is 27.2 Å². The van der Waals surface area contributed by atoms with Crippen molar-refractivity contribution in [2.24, 2.45) is 0 Å². The molecule has 4 nitrogen and oxygen atoms in total. The molecule has 1 aromatic carbocycles. The third kappa shape index (κ3) is 3.14. The van der Waals surface area contributed by atoms with Crippen LogP contribution in [0.5, 0.6) is 0 Å². The molecule has 0 bridgehead atoms. The van der Waals surface area contributed by atoms with Crippen molar-refractivity contribution in [2.75, 3.05) is 6.54 Å². The van der Waals surface area contributed by atoms with Gasteiger partial charge >= 0.3 is 6.18 Å². The molecule has 0 saturated carbocycles. The van der Waals surface area contributed by atoms with Crippen molar-refractivity contribution >= 4 is 16.7 Å². The van der Waals surface area contributed by atoms with Gasteiger partial charge in [-0.25, -0.2) is 4.39 Å². The van der Waals surface area contributed by atoms with Crippen molar-refractivity contribution in [3.05, 3.63) is 46.1 Å². The Balaban J connectivity index is 2.35. The fourth-order valence-electron chi connectivity index (χ4n) is 1.64. The van der Waals surface area contributed by atoms with E-state index in [2.05, 4.69) is 4.98 Å². The van der Waals surface area contributed by atoms with Gasteiger partial charge < -0.3 is 10.3 Å². The Labute approximate surface area is 109 Å². The van der Waals surface area contributed by atoms with Crippen molar-refractivity contribution in [3.63, 3.8) is 0 Å². The Morgan fingerprint density at radius 1 is 1.25 bits per heavy atom. The van der Waals surface area contributed by atoms with Crippen molar-refractivity contribution < 1.29 is 22.4 Å². The van der Waals surface area contributed by atoms with E-state index in [0.29, 0.717) is 0 Å². The van der Waals surface area contributed by atoms with Gasteiger partial charge in [0.25, 0.3) is 11.5 Å². The predicted octanol–water partition coefficient (Wildman–Crippen LogP) is 1.96. The van der Waals surface area contributed by atoms with Gasteiger partial charge in [-0.2, -0.15) is 13.2 Å². The van der Waals surface area contributed by atoms with E-state index in [0.717, 1.165) is 18.2 Å². The average molecular weight is 288 g/mol. The SMILES string of the molecule is O=C(NCC(F)(F)F)c1cc2cc(F)ccc2c(=O)[nH]1. The summed E-state index contributed by atoms with van der Waals surface area (Å²) in [6.07, 6.45) is -4.56. The van der Waals surface area contributed by atoms with Gasteiger partial charge in [-0.15, -0.1) is 0 Å². The highest BCUT2D eigenvalue weighted by Crippen LogP contribution is 2.14. The molecule has 8 heteroatoms. The number of amides is 1. The third-order valence-corrected chi connectivity index (χ3v) is 2.50. The van der Waals surface area contributed by atoms with Gasteiger partial charge in [0, 0.05) is 5.39 Å². The van der Waals surface area contributed by atoms with Crippen LogP contribution in [-0.4, -0.2) is 23.6 Å². The summed E-state index contributed by atoms with van der Waals surface area (Å²) in [6.45, 7) is -1.52. The number of carbonyl (C=O) groups is 1. The molecule has 2 N–H and O–H groups in total. The van der Waals surface area contributed by atoms with Crippen LogP contribution in [0.25, 0.3) is 10.8 Å². The lowest BCUT2D eigenvalue weighted by atomic mass is 10.1. The molecule has 0 aliphatic heterocycles. The minimum atomic E-state index is -4.56. The molecule has 0 fully saturated rings. The monoisotopic (exact) mass is 288 g/mol. The standard InChI is InChI=1S/C12H8F4N2O2/c13-7-1-2-8-6(3-7)4-9(18-10(8)19)11(20)17-5-12(14,15)16/h1-4H,5H2,(H,17,20)(H,18,19). The molecule has 0 spiro atoms. The molecule has 0 aliphatic carbocycles. The molecular formula is C12H8F4N2O2. The number of H-pyrrole nitrogens is 1. The van der Waals surface area contributed by atoms with Crippen LogP contribution in [0.15, 0.2) is 29.1 Å². The Hall–Kier alpha value is -2.38. The second-order valence-corrected chi connectivity index (χ2v) is 4.04. The maximum atomic E-state index is 13.0. The minimum absolute atomic E-state index is 0.130. The number of aromatic amines is 1. The summed E-state index contributed by atoms with van der Waals surface area (Å²) in [7, 11) is 0. The topological polar surface area (TPSA) is 62.0 Å². The van der Waals surface area contributed by atoms with E-state index < -0.39 is 30.0 Å². The average Bonchev–Trinajstić information content (AvgIpc) is 2.34. The first-order valence-electron chi connectivity index (χ1n) is 5.44. The summed E-state index contributed by atoms with van der Waals surface area (Å²) in [5.41, 5.74) is -1.04. The molecule has 0 unspecified atom stereocenters. The summed E-state index contributed by atoms with van der Waals surface area (Å²) in [6, 6.07) is 4.43. The zero-order valence-corrected chi connectivity index (χ0v) is 9.84. The van der Waals surface area contributed by atoms with Gasteiger partial charge in [0.15, 0.2) is 0 Å². The number of benzene rings is 1. The molecule has 20 heavy (non-hydrogen) atoms. The molecule has 2 rings (SSSR count). The Bertz CT molecular complexity index is 721. The minimum Gasteiger partial charge on any atom is -0.342 e. The number of pyridine rings is 1. The molecule has 0 aliphatic rings. The summed E-state index contributed by atoms with van der Waals surface area (Å²) < 4.78 is 49.0. The number of alkyl halides is 3. The van der Waals surface area contributed by atoms with Gasteiger partial charge in [-0.1, -0.05) is 0 Å². The highest BCUT2D eigenvalue weighted by molar-refractivity contribution is 5.96. The fraction of sp³-hybridized carbons (Fsp3) is 0.167. The summed E-state index contributed by atoms with van der Waals surface area (Å²) in [4.78, 5) is 25.3. The number of aromatic nitrogens is 1. The summed E-state index contributed by atoms with van der Waals surface area (Å²) in [5.74, 6) is -1.71. The molecule has 106 valence electrons.